The van der Waals surface area contributed by atoms with Crippen LogP contribution in [0.2, 0.25) is 0 Å². The number of hydrogen-bond acceptors (Lipinski definition) is 4. The highest BCUT2D eigenvalue weighted by atomic mass is 16.3. The number of carbonyl (C=O) groups is 2. The van der Waals surface area contributed by atoms with Crippen LogP contribution in [0, 0.1) is 5.92 Å². The first-order valence-electron chi connectivity index (χ1n) is 8.84. The number of aliphatic hydroxyl groups excluding tert-OH is 1. The second kappa shape index (κ2) is 7.70. The summed E-state index contributed by atoms with van der Waals surface area (Å²) in [5, 5.41) is 17.2. The molecule has 0 spiro atoms. The minimum atomic E-state index is -0.981. The van der Waals surface area contributed by atoms with Gasteiger partial charge >= 0.3 is 0 Å². The van der Waals surface area contributed by atoms with E-state index in [0.717, 1.165) is 5.69 Å². The highest BCUT2D eigenvalue weighted by Gasteiger charge is 2.28. The van der Waals surface area contributed by atoms with E-state index in [1.54, 1.807) is 15.6 Å². The molecule has 0 aliphatic carbocycles. The van der Waals surface area contributed by atoms with Crippen LogP contribution in [-0.2, 0) is 17.9 Å². The average Bonchev–Trinajstić information content (AvgIpc) is 3.04. The number of nitrogens with zero attached hydrogens (tertiary/aromatic N) is 3. The van der Waals surface area contributed by atoms with Crippen molar-refractivity contribution in [2.75, 3.05) is 11.9 Å². The van der Waals surface area contributed by atoms with Crippen molar-refractivity contribution < 1.29 is 14.7 Å². The number of anilines is 1. The Labute approximate surface area is 152 Å². The normalized spacial score (nSPS) is 14.8. The Morgan fingerprint density at radius 3 is 2.65 bits per heavy atom. The standard InChI is InChI=1S/C19H24N4O3/c1-13(2)10-17(24)19(26)22-8-9-23-15(12-22)11-16(21-23)18(25)20-14-6-4-3-5-7-14/h3-7,11,13,17,24H,8-10,12H2,1-2H3,(H,20,25)/t17-/m0/s1. The Hall–Kier alpha value is -2.67. The molecule has 3 rings (SSSR count). The van der Waals surface area contributed by atoms with E-state index in [2.05, 4.69) is 10.4 Å². The van der Waals surface area contributed by atoms with E-state index < -0.39 is 6.10 Å². The van der Waals surface area contributed by atoms with Crippen molar-refractivity contribution in [1.82, 2.24) is 14.7 Å². The number of amides is 2. The molecule has 0 unspecified atom stereocenters. The van der Waals surface area contributed by atoms with Crippen LogP contribution in [0.15, 0.2) is 36.4 Å². The van der Waals surface area contributed by atoms with Crippen molar-refractivity contribution >= 4 is 17.5 Å². The molecule has 1 aliphatic heterocycles. The van der Waals surface area contributed by atoms with Gasteiger partial charge in [0, 0.05) is 12.2 Å². The van der Waals surface area contributed by atoms with Gasteiger partial charge in [0.1, 0.15) is 6.10 Å². The number of nitrogens with one attached hydrogen (secondary N) is 1. The quantitative estimate of drug-likeness (QED) is 0.856. The number of benzene rings is 1. The molecule has 2 amide bonds. The van der Waals surface area contributed by atoms with Gasteiger partial charge in [0.05, 0.1) is 18.8 Å². The number of fused-ring (bicyclic) bond motifs is 1. The van der Waals surface area contributed by atoms with E-state index in [-0.39, 0.29) is 17.7 Å². The van der Waals surface area contributed by atoms with Crippen molar-refractivity contribution in [2.24, 2.45) is 5.92 Å². The van der Waals surface area contributed by atoms with Gasteiger partial charge in [0.25, 0.3) is 11.8 Å². The third-order valence-electron chi connectivity index (χ3n) is 4.35. The van der Waals surface area contributed by atoms with Gasteiger partial charge in [-0.3, -0.25) is 14.3 Å². The summed E-state index contributed by atoms with van der Waals surface area (Å²) >= 11 is 0. The lowest BCUT2D eigenvalue weighted by atomic mass is 10.0. The van der Waals surface area contributed by atoms with Crippen molar-refractivity contribution in [1.29, 1.82) is 0 Å². The summed E-state index contributed by atoms with van der Waals surface area (Å²) in [5.41, 5.74) is 1.82. The highest BCUT2D eigenvalue weighted by molar-refractivity contribution is 6.02. The highest BCUT2D eigenvalue weighted by Crippen LogP contribution is 2.17. The predicted molar refractivity (Wildman–Crippen MR) is 97.5 cm³/mol. The molecule has 7 heteroatoms. The van der Waals surface area contributed by atoms with E-state index in [4.69, 9.17) is 0 Å². The average molecular weight is 356 g/mol. The smallest absolute Gasteiger partial charge is 0.276 e. The van der Waals surface area contributed by atoms with Gasteiger partial charge in [-0.05, 0) is 30.5 Å². The fourth-order valence-corrected chi connectivity index (χ4v) is 3.04. The SMILES string of the molecule is CC(C)C[C@H](O)C(=O)N1CCn2nc(C(=O)Nc3ccccc3)cc2C1. The minimum absolute atomic E-state index is 0.248. The number of carbonyl (C=O) groups excluding carboxylic acids is 2. The van der Waals surface area contributed by atoms with E-state index in [9.17, 15) is 14.7 Å². The molecule has 1 atom stereocenters. The fourth-order valence-electron chi connectivity index (χ4n) is 3.04. The second-order valence-electron chi connectivity index (χ2n) is 6.97. The van der Waals surface area contributed by atoms with E-state index >= 15 is 0 Å². The minimum Gasteiger partial charge on any atom is -0.383 e. The third-order valence-corrected chi connectivity index (χ3v) is 4.35. The van der Waals surface area contributed by atoms with Gasteiger partial charge in [-0.2, -0.15) is 5.10 Å². The third kappa shape index (κ3) is 4.11. The maximum absolute atomic E-state index is 12.4. The predicted octanol–water partition coefficient (Wildman–Crippen LogP) is 1.88. The second-order valence-corrected chi connectivity index (χ2v) is 6.97. The Morgan fingerprint density at radius 2 is 1.96 bits per heavy atom. The molecule has 0 fully saturated rings. The van der Waals surface area contributed by atoms with Crippen LogP contribution in [0.5, 0.6) is 0 Å². The first kappa shape index (κ1) is 18.1. The molecular formula is C19H24N4O3. The molecule has 7 nitrogen and oxygen atoms in total. The molecule has 1 aromatic heterocycles. The molecule has 138 valence electrons. The van der Waals surface area contributed by atoms with Crippen LogP contribution >= 0.6 is 0 Å². The number of rotatable bonds is 5. The monoisotopic (exact) mass is 356 g/mol. The van der Waals surface area contributed by atoms with Gasteiger partial charge in [0.2, 0.25) is 0 Å². The number of aromatic nitrogens is 2. The maximum Gasteiger partial charge on any atom is 0.276 e. The van der Waals surface area contributed by atoms with Crippen molar-refractivity contribution in [3.8, 4) is 0 Å². The van der Waals surface area contributed by atoms with Gasteiger partial charge in [-0.1, -0.05) is 32.0 Å². The summed E-state index contributed by atoms with van der Waals surface area (Å²) in [4.78, 5) is 26.4. The number of hydrogen-bond donors (Lipinski definition) is 2. The van der Waals surface area contributed by atoms with E-state index in [1.165, 1.54) is 0 Å². The summed E-state index contributed by atoms with van der Waals surface area (Å²) in [6.45, 7) is 5.27. The van der Waals surface area contributed by atoms with Gasteiger partial charge in [-0.15, -0.1) is 0 Å². The number of para-hydroxylation sites is 1. The molecule has 0 saturated carbocycles. The maximum atomic E-state index is 12.4. The van der Waals surface area contributed by atoms with Crippen molar-refractivity contribution in [3.05, 3.63) is 47.8 Å². The van der Waals surface area contributed by atoms with Crippen LogP contribution in [-0.4, -0.2) is 44.3 Å². The van der Waals surface area contributed by atoms with Gasteiger partial charge < -0.3 is 15.3 Å². The molecule has 2 heterocycles. The van der Waals surface area contributed by atoms with Crippen LogP contribution in [0.25, 0.3) is 0 Å². The lowest BCUT2D eigenvalue weighted by Gasteiger charge is -2.29. The molecule has 2 N–H and O–H groups in total. The van der Waals surface area contributed by atoms with Crippen LogP contribution in [0.3, 0.4) is 0 Å². The summed E-state index contributed by atoms with van der Waals surface area (Å²) < 4.78 is 1.75. The number of aliphatic hydroxyl groups is 1. The Morgan fingerprint density at radius 1 is 1.23 bits per heavy atom. The lowest BCUT2D eigenvalue weighted by molar-refractivity contribution is -0.142. The summed E-state index contributed by atoms with van der Waals surface area (Å²) in [5.74, 6) is -0.296. The Kier molecular flexibility index (Phi) is 5.37. The summed E-state index contributed by atoms with van der Waals surface area (Å²) in [6, 6.07) is 10.9. The molecular weight excluding hydrogens is 332 g/mol. The fraction of sp³-hybridized carbons (Fsp3) is 0.421. The van der Waals surface area contributed by atoms with Crippen LogP contribution in [0.4, 0.5) is 5.69 Å². The van der Waals surface area contributed by atoms with E-state index in [0.29, 0.717) is 37.4 Å². The van der Waals surface area contributed by atoms with E-state index in [1.807, 2.05) is 44.2 Å². The first-order valence-corrected chi connectivity index (χ1v) is 8.84. The molecule has 0 radical (unpaired) electrons. The summed E-state index contributed by atoms with van der Waals surface area (Å²) in [6.07, 6.45) is -0.537. The zero-order valence-corrected chi connectivity index (χ0v) is 15.1. The largest absolute Gasteiger partial charge is 0.383 e. The molecule has 1 aliphatic rings. The topological polar surface area (TPSA) is 87.5 Å². The van der Waals surface area contributed by atoms with Gasteiger partial charge in [-0.25, -0.2) is 0 Å². The zero-order chi connectivity index (χ0) is 18.7. The van der Waals surface area contributed by atoms with Crippen molar-refractivity contribution in [3.63, 3.8) is 0 Å². The first-order chi connectivity index (χ1) is 12.4. The van der Waals surface area contributed by atoms with Crippen LogP contribution < -0.4 is 5.32 Å². The molecule has 2 aromatic rings. The van der Waals surface area contributed by atoms with Crippen LogP contribution in [0.1, 0.15) is 36.5 Å². The lowest BCUT2D eigenvalue weighted by Crippen LogP contribution is -2.44. The van der Waals surface area contributed by atoms with Gasteiger partial charge in [0.15, 0.2) is 5.69 Å². The molecule has 1 aromatic carbocycles. The Bertz CT molecular complexity index is 785. The molecule has 0 saturated heterocycles. The molecule has 0 bridgehead atoms. The summed E-state index contributed by atoms with van der Waals surface area (Å²) in [7, 11) is 0. The Balaban J connectivity index is 1.67. The molecule has 26 heavy (non-hydrogen) atoms. The van der Waals surface area contributed by atoms with Crippen molar-refractivity contribution in [2.45, 2.75) is 39.5 Å². The zero-order valence-electron chi connectivity index (χ0n) is 15.1.